The van der Waals surface area contributed by atoms with Gasteiger partial charge in [-0.3, -0.25) is 0 Å². The fourth-order valence-corrected chi connectivity index (χ4v) is 5.22. The van der Waals surface area contributed by atoms with Gasteiger partial charge in [-0.1, -0.05) is 24.8 Å². The predicted octanol–water partition coefficient (Wildman–Crippen LogP) is 3.67. The molecule has 7 nitrogen and oxygen atoms in total. The number of rotatable bonds is 7. The van der Waals surface area contributed by atoms with Crippen molar-refractivity contribution >= 4 is 0 Å². The molecule has 7 heteroatoms. The monoisotopic (exact) mass is 510 g/mol. The van der Waals surface area contributed by atoms with Crippen LogP contribution in [-0.4, -0.2) is 52.5 Å². The molecular weight excluding hydrogens is 468 g/mol. The van der Waals surface area contributed by atoms with Gasteiger partial charge in [0, 0.05) is 29.7 Å². The number of ether oxygens (including phenoxy) is 2. The van der Waals surface area contributed by atoms with E-state index in [1.165, 1.54) is 0 Å². The average molecular weight is 511 g/mol. The maximum atomic E-state index is 10.9. The molecule has 1 aromatic rings. The summed E-state index contributed by atoms with van der Waals surface area (Å²) in [5.41, 5.74) is 8.92. The topological polar surface area (TPSA) is 117 Å². The Morgan fingerprint density at radius 2 is 2.05 bits per heavy atom. The summed E-state index contributed by atoms with van der Waals surface area (Å²) in [6, 6.07) is 5.38. The van der Waals surface area contributed by atoms with Gasteiger partial charge in [-0.2, -0.15) is 0 Å². The van der Waals surface area contributed by atoms with Crippen LogP contribution in [-0.2, 0) is 11.2 Å². The van der Waals surface area contributed by atoms with Crippen molar-refractivity contribution in [1.82, 2.24) is 5.32 Å². The van der Waals surface area contributed by atoms with Crippen molar-refractivity contribution in [3.8, 4) is 23.3 Å². The van der Waals surface area contributed by atoms with Crippen LogP contribution in [0.2, 0.25) is 0 Å². The zero-order chi connectivity index (χ0) is 26.2. The number of nitrogens with two attached hydrogens (primary N) is 1. The van der Waals surface area contributed by atoms with Crippen LogP contribution in [0.1, 0.15) is 70.3 Å². The summed E-state index contributed by atoms with van der Waals surface area (Å²) in [6.07, 6.45) is 10.5. The number of aliphatic hydroxyl groups is 2. The molecule has 4 rings (SSSR count). The largest absolute Gasteiger partial charge is 0.504 e. The lowest BCUT2D eigenvalue weighted by molar-refractivity contribution is 0.0166. The van der Waals surface area contributed by atoms with E-state index in [4.69, 9.17) is 15.2 Å². The van der Waals surface area contributed by atoms with Crippen molar-refractivity contribution in [2.75, 3.05) is 6.61 Å². The Hall–Kier alpha value is -2.50. The third kappa shape index (κ3) is 8.51. The van der Waals surface area contributed by atoms with Crippen molar-refractivity contribution in [3.63, 3.8) is 0 Å². The highest BCUT2D eigenvalue weighted by Gasteiger charge is 2.23. The molecule has 2 aliphatic heterocycles. The van der Waals surface area contributed by atoms with Crippen LogP contribution in [0.25, 0.3) is 0 Å². The third-order valence-corrected chi connectivity index (χ3v) is 7.45. The number of phenols is 1. The van der Waals surface area contributed by atoms with Crippen LogP contribution in [0.15, 0.2) is 41.6 Å². The number of hydrogen-bond donors (Lipinski definition) is 5. The van der Waals surface area contributed by atoms with Crippen LogP contribution in [0.4, 0.5) is 0 Å². The number of aromatic hydroxyl groups is 1. The molecule has 1 fully saturated rings. The van der Waals surface area contributed by atoms with Crippen molar-refractivity contribution in [1.29, 1.82) is 0 Å². The number of phenolic OH excluding ortho intramolecular Hbond substituents is 1. The van der Waals surface area contributed by atoms with Crippen LogP contribution in [0.5, 0.6) is 11.5 Å². The molecule has 0 saturated heterocycles. The van der Waals surface area contributed by atoms with E-state index in [-0.39, 0.29) is 30.2 Å². The second kappa shape index (κ2) is 13.3. The van der Waals surface area contributed by atoms with Crippen LogP contribution in [0, 0.1) is 17.8 Å². The molecule has 3 aliphatic rings. The van der Waals surface area contributed by atoms with Crippen molar-refractivity contribution in [2.24, 2.45) is 11.7 Å². The van der Waals surface area contributed by atoms with E-state index in [1.807, 2.05) is 24.4 Å². The Kier molecular flexibility index (Phi) is 9.93. The lowest BCUT2D eigenvalue weighted by atomic mass is 9.95. The number of aryl methyl sites for hydroxylation is 1. The van der Waals surface area contributed by atoms with E-state index >= 15 is 0 Å². The lowest BCUT2D eigenvalue weighted by Crippen LogP contribution is -2.35. The van der Waals surface area contributed by atoms with Gasteiger partial charge in [0.25, 0.3) is 0 Å². The van der Waals surface area contributed by atoms with Crippen molar-refractivity contribution in [3.05, 3.63) is 47.2 Å². The zero-order valence-electron chi connectivity index (χ0n) is 21.9. The molecule has 37 heavy (non-hydrogen) atoms. The molecule has 1 saturated carbocycles. The second-order valence-corrected chi connectivity index (χ2v) is 10.8. The first-order valence-electron chi connectivity index (χ1n) is 13.8. The van der Waals surface area contributed by atoms with Gasteiger partial charge in [0.2, 0.25) is 0 Å². The number of dihydropyridines is 1. The first-order chi connectivity index (χ1) is 17.9. The quantitative estimate of drug-likeness (QED) is 0.355. The minimum atomic E-state index is -0.502. The van der Waals surface area contributed by atoms with Gasteiger partial charge in [0.1, 0.15) is 6.10 Å². The van der Waals surface area contributed by atoms with Gasteiger partial charge >= 0.3 is 0 Å². The SMILES string of the molecule is C[C@H]1C#CC2=CC(N)NC=C2CO[C@H](C[C@H](O)CCc2ccc(O)c(O[C@H]3CCC[C@@H](O)C3)c2)CCC1. The van der Waals surface area contributed by atoms with Gasteiger partial charge in [-0.05, 0) is 81.6 Å². The molecule has 0 radical (unpaired) electrons. The van der Waals surface area contributed by atoms with Crippen LogP contribution < -0.4 is 15.8 Å². The maximum Gasteiger partial charge on any atom is 0.161 e. The zero-order valence-corrected chi connectivity index (χ0v) is 21.9. The summed E-state index contributed by atoms with van der Waals surface area (Å²) < 4.78 is 12.3. The fourth-order valence-electron chi connectivity index (χ4n) is 5.22. The molecular formula is C30H42N2O5. The minimum absolute atomic E-state index is 0.0468. The smallest absolute Gasteiger partial charge is 0.161 e. The highest BCUT2D eigenvalue weighted by Crippen LogP contribution is 2.32. The van der Waals surface area contributed by atoms with E-state index in [1.54, 1.807) is 6.07 Å². The van der Waals surface area contributed by atoms with Gasteiger partial charge in [0.15, 0.2) is 11.5 Å². The van der Waals surface area contributed by atoms with Gasteiger partial charge in [-0.15, -0.1) is 0 Å². The number of nitrogens with one attached hydrogen (secondary N) is 1. The van der Waals surface area contributed by atoms with E-state index in [2.05, 4.69) is 24.1 Å². The highest BCUT2D eigenvalue weighted by molar-refractivity contribution is 5.48. The maximum absolute atomic E-state index is 10.9. The Morgan fingerprint density at radius 3 is 2.89 bits per heavy atom. The fraction of sp³-hybridized carbons (Fsp3) is 0.600. The Bertz CT molecular complexity index is 1030. The number of fused-ring (bicyclic) bond motifs is 1. The summed E-state index contributed by atoms with van der Waals surface area (Å²) in [6.45, 7) is 2.58. The summed E-state index contributed by atoms with van der Waals surface area (Å²) in [7, 11) is 0. The molecule has 0 amide bonds. The number of hydrogen-bond acceptors (Lipinski definition) is 7. The molecule has 0 aromatic heterocycles. The first kappa shape index (κ1) is 27.5. The molecule has 202 valence electrons. The van der Waals surface area contributed by atoms with E-state index in [0.29, 0.717) is 44.0 Å². The standard InChI is InChI=1S/C30H42N2O5/c1-20-4-2-6-26(36-19-23-18-32-30(31)15-22(23)11-8-20)16-25(34)12-9-21-10-13-28(35)29(14-21)37-27-7-3-5-24(33)17-27/h10,13-15,18,20,24-27,30,32-35H,2-7,9,12,16-17,19,31H2,1H3/t20-,24-,25-,26+,27+,30?/m1/s1. The molecule has 0 spiro atoms. The summed E-state index contributed by atoms with van der Waals surface area (Å²) in [5.74, 6) is 7.47. The predicted molar refractivity (Wildman–Crippen MR) is 144 cm³/mol. The molecule has 6 N–H and O–H groups in total. The first-order valence-corrected chi connectivity index (χ1v) is 13.8. The molecule has 1 unspecified atom stereocenters. The number of benzene rings is 1. The molecule has 1 aromatic carbocycles. The van der Waals surface area contributed by atoms with Crippen molar-refractivity contribution in [2.45, 2.75) is 102 Å². The van der Waals surface area contributed by atoms with E-state index in [0.717, 1.165) is 55.2 Å². The second-order valence-electron chi connectivity index (χ2n) is 10.8. The van der Waals surface area contributed by atoms with Gasteiger partial charge in [-0.25, -0.2) is 0 Å². The highest BCUT2D eigenvalue weighted by atomic mass is 16.5. The Balaban J connectivity index is 1.31. The molecule has 1 aliphatic carbocycles. The summed E-state index contributed by atoms with van der Waals surface area (Å²) in [5, 5.41) is 34.2. The molecule has 0 bridgehead atoms. The Labute approximate surface area is 220 Å². The molecule has 6 atom stereocenters. The normalized spacial score (nSPS) is 29.2. The van der Waals surface area contributed by atoms with Crippen LogP contribution >= 0.6 is 0 Å². The average Bonchev–Trinajstić information content (AvgIpc) is 2.89. The summed E-state index contributed by atoms with van der Waals surface area (Å²) >= 11 is 0. The number of aliphatic hydroxyl groups excluding tert-OH is 2. The molecule has 2 heterocycles. The van der Waals surface area contributed by atoms with E-state index < -0.39 is 6.10 Å². The van der Waals surface area contributed by atoms with E-state index in [9.17, 15) is 15.3 Å². The lowest BCUT2D eigenvalue weighted by Gasteiger charge is -2.27. The minimum Gasteiger partial charge on any atom is -0.504 e. The third-order valence-electron chi connectivity index (χ3n) is 7.45. The van der Waals surface area contributed by atoms with Crippen molar-refractivity contribution < 1.29 is 24.8 Å². The van der Waals surface area contributed by atoms with Gasteiger partial charge in [0.05, 0.1) is 31.1 Å². The van der Waals surface area contributed by atoms with Gasteiger partial charge < -0.3 is 35.8 Å². The summed E-state index contributed by atoms with van der Waals surface area (Å²) in [4.78, 5) is 0. The Morgan fingerprint density at radius 1 is 1.22 bits per heavy atom. The van der Waals surface area contributed by atoms with Crippen LogP contribution in [0.3, 0.4) is 0 Å².